The number of hydrogen-bond acceptors (Lipinski definition) is 6. The van der Waals surface area contributed by atoms with Gasteiger partial charge in [0.1, 0.15) is 6.33 Å². The molecule has 0 N–H and O–H groups in total. The molecule has 0 atom stereocenters. The molecule has 1 aromatic heterocycles. The van der Waals surface area contributed by atoms with Crippen molar-refractivity contribution >= 4 is 26.4 Å². The van der Waals surface area contributed by atoms with Gasteiger partial charge in [0, 0.05) is 22.9 Å². The van der Waals surface area contributed by atoms with Gasteiger partial charge in [0.15, 0.2) is 5.03 Å². The van der Waals surface area contributed by atoms with Crippen LogP contribution >= 0.6 is 0 Å². The largest absolute Gasteiger partial charge is 0.270 e. The molecule has 0 aliphatic carbocycles. The fraction of sp³-hybridized carbons (Fsp3) is 0. The molecule has 18 heavy (non-hydrogen) atoms. The van der Waals surface area contributed by atoms with Gasteiger partial charge < -0.3 is 0 Å². The molecule has 0 saturated carbocycles. The molecule has 1 aromatic carbocycles. The molecule has 92 valence electrons. The highest BCUT2D eigenvalue weighted by molar-refractivity contribution is 7.94. The Labute approximate surface area is 102 Å². The van der Waals surface area contributed by atoms with Crippen LogP contribution in [0.5, 0.6) is 0 Å². The van der Waals surface area contributed by atoms with Gasteiger partial charge in [-0.1, -0.05) is 6.58 Å². The average Bonchev–Trinajstić information content (AvgIpc) is 2.37. The zero-order chi connectivity index (χ0) is 13.3. The predicted molar refractivity (Wildman–Crippen MR) is 63.6 cm³/mol. The minimum atomic E-state index is -3.78. The topological polar surface area (TPSA) is 103 Å². The molecule has 0 amide bonds. The van der Waals surface area contributed by atoms with E-state index in [-0.39, 0.29) is 16.1 Å². The molecule has 7 nitrogen and oxygen atoms in total. The molecule has 0 aliphatic rings. The van der Waals surface area contributed by atoms with Crippen molar-refractivity contribution in [3.63, 3.8) is 0 Å². The van der Waals surface area contributed by atoms with Crippen LogP contribution in [0.1, 0.15) is 0 Å². The number of nitro benzene ring substituents is 1. The lowest BCUT2D eigenvalue weighted by atomic mass is 10.2. The third-order valence-electron chi connectivity index (χ3n) is 2.28. The van der Waals surface area contributed by atoms with Crippen molar-refractivity contribution < 1.29 is 13.3 Å². The second kappa shape index (κ2) is 4.15. The number of nitrogens with zero attached hydrogens (tertiary/aromatic N) is 3. The lowest BCUT2D eigenvalue weighted by Gasteiger charge is -2.02. The standard InChI is InChI=1S/C10H7N3O4S/c1-2-18(16,17)10-8-5-7(13(14)15)3-4-9(8)11-6-12-10/h2-6H,1H2. The zero-order valence-electron chi connectivity index (χ0n) is 8.98. The monoisotopic (exact) mass is 265 g/mol. The van der Waals surface area contributed by atoms with Crippen molar-refractivity contribution in [3.8, 4) is 0 Å². The van der Waals surface area contributed by atoms with E-state index in [1.54, 1.807) is 0 Å². The number of fused-ring (bicyclic) bond motifs is 1. The summed E-state index contributed by atoms with van der Waals surface area (Å²) in [5.74, 6) is 0. The molecule has 0 unspecified atom stereocenters. The molecule has 1 heterocycles. The molecular weight excluding hydrogens is 258 g/mol. The minimum Gasteiger partial charge on any atom is -0.258 e. The fourth-order valence-electron chi connectivity index (χ4n) is 1.44. The van der Waals surface area contributed by atoms with Gasteiger partial charge in [-0.25, -0.2) is 18.4 Å². The third-order valence-corrected chi connectivity index (χ3v) is 3.59. The number of hydrogen-bond donors (Lipinski definition) is 0. The highest BCUT2D eigenvalue weighted by Gasteiger charge is 2.18. The first-order valence-corrected chi connectivity index (χ1v) is 6.27. The molecule has 0 fully saturated rings. The van der Waals surface area contributed by atoms with Gasteiger partial charge in [0.25, 0.3) is 5.69 Å². The lowest BCUT2D eigenvalue weighted by Crippen LogP contribution is -2.01. The summed E-state index contributed by atoms with van der Waals surface area (Å²) in [6.07, 6.45) is 1.09. The molecule has 0 aliphatic heterocycles. The summed E-state index contributed by atoms with van der Waals surface area (Å²) >= 11 is 0. The highest BCUT2D eigenvalue weighted by atomic mass is 32.2. The van der Waals surface area contributed by atoms with E-state index < -0.39 is 14.8 Å². The van der Waals surface area contributed by atoms with E-state index in [4.69, 9.17) is 0 Å². The maximum Gasteiger partial charge on any atom is 0.270 e. The molecule has 0 spiro atoms. The van der Waals surface area contributed by atoms with E-state index in [1.807, 2.05) is 0 Å². The van der Waals surface area contributed by atoms with E-state index >= 15 is 0 Å². The maximum atomic E-state index is 11.7. The van der Waals surface area contributed by atoms with Crippen molar-refractivity contribution in [1.82, 2.24) is 9.97 Å². The van der Waals surface area contributed by atoms with Gasteiger partial charge in [-0.05, 0) is 6.07 Å². The van der Waals surface area contributed by atoms with Crippen LogP contribution in [0.4, 0.5) is 5.69 Å². The number of sulfone groups is 1. The van der Waals surface area contributed by atoms with Gasteiger partial charge in [-0.15, -0.1) is 0 Å². The molecule has 0 bridgehead atoms. The van der Waals surface area contributed by atoms with Gasteiger partial charge >= 0.3 is 0 Å². The first-order chi connectivity index (χ1) is 8.45. The van der Waals surface area contributed by atoms with Crippen LogP contribution in [0.25, 0.3) is 10.9 Å². The Kier molecular flexibility index (Phi) is 2.79. The average molecular weight is 265 g/mol. The van der Waals surface area contributed by atoms with Crippen LogP contribution in [-0.4, -0.2) is 23.3 Å². The first-order valence-electron chi connectivity index (χ1n) is 4.72. The SMILES string of the molecule is C=CS(=O)(=O)c1ncnc2ccc([N+](=O)[O-])cc12. The van der Waals surface area contributed by atoms with Crippen molar-refractivity contribution in [2.45, 2.75) is 5.03 Å². The summed E-state index contributed by atoms with van der Waals surface area (Å²) < 4.78 is 23.4. The highest BCUT2D eigenvalue weighted by Crippen LogP contribution is 2.24. The quantitative estimate of drug-likeness (QED) is 0.472. The van der Waals surface area contributed by atoms with Crippen LogP contribution in [-0.2, 0) is 9.84 Å². The first kappa shape index (κ1) is 12.1. The van der Waals surface area contributed by atoms with Gasteiger partial charge in [0.05, 0.1) is 10.4 Å². The normalized spacial score (nSPS) is 11.3. The smallest absolute Gasteiger partial charge is 0.258 e. The van der Waals surface area contributed by atoms with Crippen LogP contribution in [0.3, 0.4) is 0 Å². The van der Waals surface area contributed by atoms with E-state index in [1.165, 1.54) is 12.1 Å². The van der Waals surface area contributed by atoms with E-state index in [2.05, 4.69) is 16.5 Å². The summed E-state index contributed by atoms with van der Waals surface area (Å²) in [6, 6.07) is 3.75. The Morgan fingerprint density at radius 3 is 2.67 bits per heavy atom. The maximum absolute atomic E-state index is 11.7. The summed E-state index contributed by atoms with van der Waals surface area (Å²) in [5, 5.41) is 11.2. The Balaban J connectivity index is 2.87. The Hall–Kier alpha value is -2.35. The van der Waals surface area contributed by atoms with Crippen molar-refractivity contribution in [1.29, 1.82) is 0 Å². The molecule has 0 radical (unpaired) electrons. The van der Waals surface area contributed by atoms with Crippen LogP contribution in [0.2, 0.25) is 0 Å². The van der Waals surface area contributed by atoms with E-state index in [9.17, 15) is 18.5 Å². The van der Waals surface area contributed by atoms with Gasteiger partial charge in [-0.2, -0.15) is 0 Å². The number of benzene rings is 1. The summed E-state index contributed by atoms with van der Waals surface area (Å²) in [6.45, 7) is 3.19. The molecule has 8 heteroatoms. The van der Waals surface area contributed by atoms with Crippen molar-refractivity contribution in [2.24, 2.45) is 0 Å². The summed E-state index contributed by atoms with van der Waals surface area (Å²) in [7, 11) is -3.78. The fourth-order valence-corrected chi connectivity index (χ4v) is 2.26. The number of rotatable bonds is 3. The molecule has 0 saturated heterocycles. The second-order valence-corrected chi connectivity index (χ2v) is 5.16. The third kappa shape index (κ3) is 1.93. The zero-order valence-corrected chi connectivity index (χ0v) is 9.79. The Morgan fingerprint density at radius 1 is 1.33 bits per heavy atom. The van der Waals surface area contributed by atoms with Gasteiger partial charge in [-0.3, -0.25) is 10.1 Å². The Morgan fingerprint density at radius 2 is 2.06 bits per heavy atom. The predicted octanol–water partition coefficient (Wildman–Crippen LogP) is 1.46. The molecule has 2 aromatic rings. The van der Waals surface area contributed by atoms with Gasteiger partial charge in [0.2, 0.25) is 9.84 Å². The van der Waals surface area contributed by atoms with Crippen LogP contribution in [0, 0.1) is 10.1 Å². The Bertz CT molecular complexity index is 755. The lowest BCUT2D eigenvalue weighted by molar-refractivity contribution is -0.384. The summed E-state index contributed by atoms with van der Waals surface area (Å²) in [5.41, 5.74) is 0.0915. The molecule has 2 rings (SSSR count). The van der Waals surface area contributed by atoms with Crippen molar-refractivity contribution in [3.05, 3.63) is 46.6 Å². The number of aromatic nitrogens is 2. The number of non-ortho nitro benzene ring substituents is 1. The second-order valence-electron chi connectivity index (χ2n) is 3.35. The minimum absolute atomic E-state index is 0.103. The summed E-state index contributed by atoms with van der Waals surface area (Å²) in [4.78, 5) is 17.6. The van der Waals surface area contributed by atoms with Crippen LogP contribution in [0.15, 0.2) is 41.5 Å². The van der Waals surface area contributed by atoms with E-state index in [0.717, 1.165) is 17.8 Å². The number of nitro groups is 1. The van der Waals surface area contributed by atoms with Crippen LogP contribution < -0.4 is 0 Å². The van der Waals surface area contributed by atoms with E-state index in [0.29, 0.717) is 5.52 Å². The van der Waals surface area contributed by atoms with Crippen molar-refractivity contribution in [2.75, 3.05) is 0 Å². The molecular formula is C10H7N3O4S.